The molecule has 3 aromatic rings. The first-order valence-electron chi connectivity index (χ1n) is 11.1. The number of aryl methyl sites for hydroxylation is 1. The number of methoxy groups -OCH3 is 3. The lowest BCUT2D eigenvalue weighted by Gasteiger charge is -2.14. The van der Waals surface area contributed by atoms with Crippen molar-refractivity contribution in [3.8, 4) is 39.6 Å². The van der Waals surface area contributed by atoms with Crippen molar-refractivity contribution >= 4 is 11.6 Å². The van der Waals surface area contributed by atoms with Gasteiger partial charge in [-0.3, -0.25) is 4.79 Å². The van der Waals surface area contributed by atoms with Crippen LogP contribution in [0.1, 0.15) is 24.8 Å². The predicted octanol–water partition coefficient (Wildman–Crippen LogP) is 0.0248. The minimum absolute atomic E-state index is 0. The molecule has 3 rings (SSSR count). The van der Waals surface area contributed by atoms with Crippen LogP contribution in [0.25, 0.3) is 22.4 Å². The third kappa shape index (κ3) is 6.45. The van der Waals surface area contributed by atoms with Gasteiger partial charge in [-0.15, -0.1) is 0 Å². The molecule has 2 aromatic carbocycles. The van der Waals surface area contributed by atoms with Gasteiger partial charge < -0.3 is 47.9 Å². The molecule has 0 aliphatic heterocycles. The Hall–Kier alpha value is -3.27. The van der Waals surface area contributed by atoms with Gasteiger partial charge in [-0.25, -0.2) is 0 Å². The molecule has 10 heteroatoms. The molecule has 0 saturated carbocycles. The normalized spacial score (nSPS) is 11.4. The van der Waals surface area contributed by atoms with Gasteiger partial charge in [0.05, 0.1) is 27.0 Å². The predicted molar refractivity (Wildman–Crippen MR) is 130 cm³/mol. The van der Waals surface area contributed by atoms with Gasteiger partial charge >= 0.3 is 0 Å². The molecule has 0 bridgehead atoms. The van der Waals surface area contributed by atoms with Gasteiger partial charge in [0.15, 0.2) is 17.5 Å². The van der Waals surface area contributed by atoms with Crippen molar-refractivity contribution in [2.75, 3.05) is 33.2 Å². The summed E-state index contributed by atoms with van der Waals surface area (Å²) in [6, 6.07) is 8.96. The third-order valence-corrected chi connectivity index (χ3v) is 5.65. The molecular formula is C25H33ClN4O5. The zero-order valence-corrected chi connectivity index (χ0v) is 21.3. The Labute approximate surface area is 211 Å². The molecule has 0 radical (unpaired) electrons. The fraction of sp³-hybridized carbons (Fsp3) is 0.360. The highest BCUT2D eigenvalue weighted by Crippen LogP contribution is 2.40. The molecule has 35 heavy (non-hydrogen) atoms. The van der Waals surface area contributed by atoms with Gasteiger partial charge in [0.1, 0.15) is 17.7 Å². The summed E-state index contributed by atoms with van der Waals surface area (Å²) in [7, 11) is 4.76. The summed E-state index contributed by atoms with van der Waals surface area (Å²) in [6.07, 6.45) is 3.96. The van der Waals surface area contributed by atoms with Gasteiger partial charge in [0, 0.05) is 17.5 Å². The van der Waals surface area contributed by atoms with E-state index in [1.807, 2.05) is 31.2 Å². The van der Waals surface area contributed by atoms with Gasteiger partial charge in [0.25, 0.3) is 5.91 Å². The fourth-order valence-corrected chi connectivity index (χ4v) is 3.82. The maximum Gasteiger partial charge on any atom is 0.282 e. The number of rotatable bonds is 11. The minimum Gasteiger partial charge on any atom is -1.00 e. The van der Waals surface area contributed by atoms with Gasteiger partial charge in [-0.1, -0.05) is 11.2 Å². The number of amides is 1. The lowest BCUT2D eigenvalue weighted by molar-refractivity contribution is -0.404. The Morgan fingerprint density at radius 2 is 1.83 bits per heavy atom. The number of unbranched alkanes of at least 4 members (excludes halogenated alkanes) is 1. The first-order chi connectivity index (χ1) is 16.4. The Morgan fingerprint density at radius 3 is 2.49 bits per heavy atom. The maximum atomic E-state index is 12.7. The Kier molecular flexibility index (Phi) is 10.4. The van der Waals surface area contributed by atoms with E-state index in [1.165, 1.54) is 0 Å². The van der Waals surface area contributed by atoms with Gasteiger partial charge in [0.2, 0.25) is 0 Å². The molecule has 9 nitrogen and oxygen atoms in total. The molecular weight excluding hydrogens is 472 g/mol. The molecule has 1 amide bonds. The van der Waals surface area contributed by atoms with Crippen molar-refractivity contribution in [3.63, 3.8) is 0 Å². The number of halogens is 1. The average Bonchev–Trinajstić information content (AvgIpc) is 3.33. The number of benzene rings is 2. The maximum absolute atomic E-state index is 12.7. The Balaban J connectivity index is 0.00000432. The fourth-order valence-electron chi connectivity index (χ4n) is 3.82. The number of nitrogens with one attached hydrogen (secondary N) is 1. The van der Waals surface area contributed by atoms with Crippen LogP contribution in [0.5, 0.6) is 17.2 Å². The number of nitrogens with zero attached hydrogens (tertiary/aromatic N) is 1. The van der Waals surface area contributed by atoms with E-state index in [4.69, 9.17) is 24.5 Å². The van der Waals surface area contributed by atoms with Crippen LogP contribution in [0.2, 0.25) is 0 Å². The van der Waals surface area contributed by atoms with Crippen molar-refractivity contribution < 1.29 is 41.7 Å². The molecule has 1 aromatic heterocycles. The van der Waals surface area contributed by atoms with E-state index in [0.29, 0.717) is 41.6 Å². The van der Waals surface area contributed by atoms with E-state index >= 15 is 0 Å². The molecule has 0 fully saturated rings. The number of ether oxygens (including phenoxy) is 3. The highest BCUT2D eigenvalue weighted by atomic mass is 35.5. The summed E-state index contributed by atoms with van der Waals surface area (Å²) in [5, 5.41) is 7.17. The summed E-state index contributed by atoms with van der Waals surface area (Å²) in [5.41, 5.74) is 14.0. The minimum atomic E-state index is -0.388. The molecule has 0 aliphatic carbocycles. The molecule has 0 saturated heterocycles. The molecule has 1 heterocycles. The van der Waals surface area contributed by atoms with Crippen LogP contribution in [-0.4, -0.2) is 45.0 Å². The molecule has 6 N–H and O–H groups in total. The molecule has 1 unspecified atom stereocenters. The number of hydrogen-bond acceptors (Lipinski definition) is 7. The monoisotopic (exact) mass is 504 g/mol. The van der Waals surface area contributed by atoms with Crippen LogP contribution in [0.3, 0.4) is 0 Å². The van der Waals surface area contributed by atoms with E-state index in [9.17, 15) is 4.79 Å². The molecule has 0 spiro atoms. The highest BCUT2D eigenvalue weighted by Gasteiger charge is 2.21. The second-order valence-electron chi connectivity index (χ2n) is 7.99. The number of carbonyl (C=O) groups is 1. The van der Waals surface area contributed by atoms with Crippen LogP contribution in [0.4, 0.5) is 5.69 Å². The zero-order chi connectivity index (χ0) is 24.7. The first kappa shape index (κ1) is 28.0. The van der Waals surface area contributed by atoms with Crippen molar-refractivity contribution in [2.45, 2.75) is 32.2 Å². The van der Waals surface area contributed by atoms with Crippen LogP contribution in [-0.2, 0) is 4.79 Å². The van der Waals surface area contributed by atoms with E-state index in [0.717, 1.165) is 35.1 Å². The average molecular weight is 505 g/mol. The largest absolute Gasteiger partial charge is 1.00 e. The van der Waals surface area contributed by atoms with Crippen LogP contribution in [0.15, 0.2) is 41.1 Å². The number of quaternary nitrogens is 1. The van der Waals surface area contributed by atoms with E-state index < -0.39 is 0 Å². The Morgan fingerprint density at radius 1 is 1.09 bits per heavy atom. The van der Waals surface area contributed by atoms with Crippen molar-refractivity contribution in [1.82, 2.24) is 5.16 Å². The number of nitrogens with two attached hydrogens (primary N) is 1. The standard InChI is InChI=1S/C25H32N4O5.ClH/c1-15-11-17(13-22(32-3)24(15)33-4)23-18(14-34-29-23)16-8-9-21(31-2)20(12-16)28-25(30)19(27)7-5-6-10-26;/h8-9,11-14,19H,5-7,10,26-27H2,1-4H3,(H,28,30);1H. The summed E-state index contributed by atoms with van der Waals surface area (Å²) in [6.45, 7) is 2.54. The molecule has 0 aliphatic rings. The van der Waals surface area contributed by atoms with E-state index in [1.54, 1.807) is 33.7 Å². The first-order valence-corrected chi connectivity index (χ1v) is 11.1. The number of aromatic nitrogens is 1. The quantitative estimate of drug-likeness (QED) is 0.313. The molecule has 1 atom stereocenters. The van der Waals surface area contributed by atoms with E-state index in [2.05, 4.69) is 16.2 Å². The van der Waals surface area contributed by atoms with Gasteiger partial charge in [-0.05, 0) is 61.7 Å². The number of hydrogen-bond donors (Lipinski definition) is 3. The van der Waals surface area contributed by atoms with Crippen molar-refractivity contribution in [3.05, 3.63) is 42.2 Å². The second kappa shape index (κ2) is 13.0. The summed E-state index contributed by atoms with van der Waals surface area (Å²) < 4.78 is 21.7. The molecule has 190 valence electrons. The van der Waals surface area contributed by atoms with Crippen LogP contribution < -0.4 is 43.4 Å². The van der Waals surface area contributed by atoms with E-state index in [-0.39, 0.29) is 24.4 Å². The SMILES string of the molecule is COc1ccc(-c2conc2-c2cc(C)c(OC)c(OC)c2)cc1NC(=O)C([NH3+])CCCCN.[Cl-]. The zero-order valence-electron chi connectivity index (χ0n) is 20.5. The van der Waals surface area contributed by atoms with Crippen molar-refractivity contribution in [2.24, 2.45) is 5.73 Å². The highest BCUT2D eigenvalue weighted by molar-refractivity contribution is 5.96. The van der Waals surface area contributed by atoms with Gasteiger partial charge in [-0.2, -0.15) is 0 Å². The lowest BCUT2D eigenvalue weighted by atomic mass is 9.99. The van der Waals surface area contributed by atoms with Crippen molar-refractivity contribution in [1.29, 1.82) is 0 Å². The smallest absolute Gasteiger partial charge is 0.282 e. The Bertz CT molecular complexity index is 1140. The number of anilines is 1. The number of carbonyl (C=O) groups excluding carboxylic acids is 1. The topological polar surface area (TPSA) is 136 Å². The summed E-state index contributed by atoms with van der Waals surface area (Å²) in [5.74, 6) is 1.64. The van der Waals surface area contributed by atoms with Crippen LogP contribution >= 0.6 is 0 Å². The lowest BCUT2D eigenvalue weighted by Crippen LogP contribution is -3.00. The summed E-state index contributed by atoms with van der Waals surface area (Å²) >= 11 is 0. The van der Waals surface area contributed by atoms with Crippen LogP contribution in [0, 0.1) is 6.92 Å². The third-order valence-electron chi connectivity index (χ3n) is 5.65. The summed E-state index contributed by atoms with van der Waals surface area (Å²) in [4.78, 5) is 12.7. The second-order valence-corrected chi connectivity index (χ2v) is 7.99.